The molecular formula is C16H18N2O4S. The van der Waals surface area contributed by atoms with E-state index < -0.39 is 11.8 Å². The average molecular weight is 334 g/mol. The zero-order valence-corrected chi connectivity index (χ0v) is 13.7. The minimum atomic E-state index is -0.748. The fourth-order valence-electron chi connectivity index (χ4n) is 1.93. The van der Waals surface area contributed by atoms with E-state index in [0.717, 1.165) is 5.56 Å². The van der Waals surface area contributed by atoms with Gasteiger partial charge in [-0.15, -0.1) is 0 Å². The summed E-state index contributed by atoms with van der Waals surface area (Å²) < 4.78 is 10.3. The minimum Gasteiger partial charge on any atom is -0.497 e. The Morgan fingerprint density at radius 1 is 1.13 bits per heavy atom. The van der Waals surface area contributed by atoms with E-state index in [1.807, 2.05) is 16.8 Å². The van der Waals surface area contributed by atoms with Gasteiger partial charge < -0.3 is 20.1 Å². The lowest BCUT2D eigenvalue weighted by atomic mass is 10.2. The first kappa shape index (κ1) is 16.8. The largest absolute Gasteiger partial charge is 0.497 e. The van der Waals surface area contributed by atoms with Gasteiger partial charge in [0.1, 0.15) is 11.5 Å². The number of ether oxygens (including phenoxy) is 2. The predicted molar refractivity (Wildman–Crippen MR) is 89.2 cm³/mol. The molecule has 122 valence electrons. The second-order valence-corrected chi connectivity index (χ2v) is 5.44. The van der Waals surface area contributed by atoms with E-state index in [1.165, 1.54) is 14.2 Å². The average Bonchev–Trinajstić information content (AvgIpc) is 3.08. The molecule has 2 amide bonds. The zero-order valence-electron chi connectivity index (χ0n) is 12.9. The van der Waals surface area contributed by atoms with Crippen molar-refractivity contribution in [2.24, 2.45) is 0 Å². The van der Waals surface area contributed by atoms with Crippen molar-refractivity contribution in [3.8, 4) is 11.5 Å². The molecule has 0 radical (unpaired) electrons. The lowest BCUT2D eigenvalue weighted by Crippen LogP contribution is -2.36. The molecule has 0 atom stereocenters. The molecule has 0 spiro atoms. The van der Waals surface area contributed by atoms with Gasteiger partial charge in [-0.3, -0.25) is 9.59 Å². The highest BCUT2D eigenvalue weighted by atomic mass is 32.1. The summed E-state index contributed by atoms with van der Waals surface area (Å²) in [6, 6.07) is 6.94. The predicted octanol–water partition coefficient (Wildman–Crippen LogP) is 2.06. The topological polar surface area (TPSA) is 76.7 Å². The third kappa shape index (κ3) is 4.72. The second kappa shape index (κ2) is 8.19. The highest BCUT2D eigenvalue weighted by Gasteiger charge is 2.16. The van der Waals surface area contributed by atoms with Crippen LogP contribution in [0.15, 0.2) is 35.0 Å². The van der Waals surface area contributed by atoms with Crippen LogP contribution in [0.2, 0.25) is 0 Å². The van der Waals surface area contributed by atoms with Crippen molar-refractivity contribution in [3.05, 3.63) is 40.6 Å². The van der Waals surface area contributed by atoms with Crippen molar-refractivity contribution in [2.75, 3.05) is 26.1 Å². The van der Waals surface area contributed by atoms with E-state index in [-0.39, 0.29) is 0 Å². The highest BCUT2D eigenvalue weighted by molar-refractivity contribution is 7.07. The van der Waals surface area contributed by atoms with Crippen LogP contribution in [-0.2, 0) is 16.0 Å². The van der Waals surface area contributed by atoms with E-state index in [0.29, 0.717) is 30.2 Å². The number of amides is 2. The summed E-state index contributed by atoms with van der Waals surface area (Å²) in [6.07, 6.45) is 0.686. The van der Waals surface area contributed by atoms with Gasteiger partial charge >= 0.3 is 11.8 Å². The Morgan fingerprint density at radius 3 is 2.61 bits per heavy atom. The molecule has 0 saturated carbocycles. The fraction of sp³-hybridized carbons (Fsp3) is 0.250. The first-order chi connectivity index (χ1) is 11.1. The van der Waals surface area contributed by atoms with Gasteiger partial charge in [0.15, 0.2) is 0 Å². The molecule has 0 fully saturated rings. The van der Waals surface area contributed by atoms with Crippen molar-refractivity contribution in [2.45, 2.75) is 6.42 Å². The lowest BCUT2D eigenvalue weighted by Gasteiger charge is -2.11. The third-order valence-corrected chi connectivity index (χ3v) is 3.87. The quantitative estimate of drug-likeness (QED) is 0.793. The van der Waals surface area contributed by atoms with Gasteiger partial charge in [0, 0.05) is 12.6 Å². The molecule has 6 nitrogen and oxygen atoms in total. The molecule has 1 aromatic carbocycles. The van der Waals surface area contributed by atoms with Gasteiger partial charge in [0.05, 0.1) is 19.9 Å². The maximum atomic E-state index is 12.0. The van der Waals surface area contributed by atoms with Crippen molar-refractivity contribution < 1.29 is 19.1 Å². The summed E-state index contributed by atoms with van der Waals surface area (Å²) in [5.41, 5.74) is 1.51. The summed E-state index contributed by atoms with van der Waals surface area (Å²) >= 11 is 1.60. The molecule has 1 heterocycles. The monoisotopic (exact) mass is 334 g/mol. The van der Waals surface area contributed by atoms with E-state index >= 15 is 0 Å². The van der Waals surface area contributed by atoms with E-state index in [9.17, 15) is 9.59 Å². The normalized spacial score (nSPS) is 10.0. The Bertz CT molecular complexity index is 671. The molecule has 0 aliphatic carbocycles. The van der Waals surface area contributed by atoms with Crippen LogP contribution in [-0.4, -0.2) is 32.6 Å². The van der Waals surface area contributed by atoms with Gasteiger partial charge in [-0.2, -0.15) is 11.3 Å². The summed E-state index contributed by atoms with van der Waals surface area (Å²) in [6.45, 7) is 0.401. The Kier molecular flexibility index (Phi) is 5.99. The van der Waals surface area contributed by atoms with Crippen LogP contribution in [0.25, 0.3) is 0 Å². The number of rotatable bonds is 6. The SMILES string of the molecule is COc1ccc(OC)c(NC(=O)C(=O)NCCc2ccsc2)c1. The van der Waals surface area contributed by atoms with Crippen LogP contribution in [0, 0.1) is 0 Å². The van der Waals surface area contributed by atoms with Crippen molar-refractivity contribution in [3.63, 3.8) is 0 Å². The highest BCUT2D eigenvalue weighted by Crippen LogP contribution is 2.28. The Labute approximate surface area is 138 Å². The number of carbonyl (C=O) groups excluding carboxylic acids is 2. The van der Waals surface area contributed by atoms with Crippen LogP contribution >= 0.6 is 11.3 Å². The van der Waals surface area contributed by atoms with Gasteiger partial charge in [-0.25, -0.2) is 0 Å². The Hall–Kier alpha value is -2.54. The number of carbonyl (C=O) groups is 2. The number of thiophene rings is 1. The number of hydrogen-bond acceptors (Lipinski definition) is 5. The molecule has 7 heteroatoms. The minimum absolute atomic E-state index is 0.379. The van der Waals surface area contributed by atoms with Crippen molar-refractivity contribution in [1.29, 1.82) is 0 Å². The van der Waals surface area contributed by atoms with E-state index in [4.69, 9.17) is 9.47 Å². The molecule has 2 N–H and O–H groups in total. The van der Waals surface area contributed by atoms with Crippen LogP contribution < -0.4 is 20.1 Å². The molecule has 0 aliphatic heterocycles. The van der Waals surface area contributed by atoms with Gasteiger partial charge in [0.2, 0.25) is 0 Å². The van der Waals surface area contributed by atoms with E-state index in [1.54, 1.807) is 29.5 Å². The molecule has 2 aromatic rings. The van der Waals surface area contributed by atoms with E-state index in [2.05, 4.69) is 10.6 Å². The van der Waals surface area contributed by atoms with Crippen LogP contribution in [0.4, 0.5) is 5.69 Å². The van der Waals surface area contributed by atoms with Crippen LogP contribution in [0.1, 0.15) is 5.56 Å². The maximum Gasteiger partial charge on any atom is 0.313 e. The molecule has 2 rings (SSSR count). The van der Waals surface area contributed by atoms with Crippen LogP contribution in [0.3, 0.4) is 0 Å². The van der Waals surface area contributed by atoms with Crippen LogP contribution in [0.5, 0.6) is 11.5 Å². The number of anilines is 1. The number of methoxy groups -OCH3 is 2. The molecular weight excluding hydrogens is 316 g/mol. The van der Waals surface area contributed by atoms with Gasteiger partial charge in [-0.1, -0.05) is 0 Å². The Morgan fingerprint density at radius 2 is 1.96 bits per heavy atom. The summed E-state index contributed by atoms with van der Waals surface area (Å²) in [7, 11) is 3.00. The molecule has 1 aromatic heterocycles. The van der Waals surface area contributed by atoms with Crippen molar-refractivity contribution in [1.82, 2.24) is 5.32 Å². The number of hydrogen-bond donors (Lipinski definition) is 2. The summed E-state index contributed by atoms with van der Waals surface area (Å²) in [4.78, 5) is 23.8. The maximum absolute atomic E-state index is 12.0. The molecule has 0 unspecified atom stereocenters. The standard InChI is InChI=1S/C16H18N2O4S/c1-21-12-3-4-14(22-2)13(9-12)18-16(20)15(19)17-7-5-11-6-8-23-10-11/h3-4,6,8-10H,5,7H2,1-2H3,(H,17,19)(H,18,20). The first-order valence-corrected chi connectivity index (χ1v) is 7.90. The molecule has 0 aliphatic rings. The third-order valence-electron chi connectivity index (χ3n) is 3.14. The lowest BCUT2D eigenvalue weighted by molar-refractivity contribution is -0.136. The number of nitrogens with one attached hydrogen (secondary N) is 2. The summed E-state index contributed by atoms with van der Waals surface area (Å²) in [5, 5.41) is 9.09. The molecule has 0 saturated heterocycles. The van der Waals surface area contributed by atoms with Crippen molar-refractivity contribution >= 4 is 28.8 Å². The first-order valence-electron chi connectivity index (χ1n) is 6.96. The zero-order chi connectivity index (χ0) is 16.7. The second-order valence-electron chi connectivity index (χ2n) is 4.66. The molecule has 23 heavy (non-hydrogen) atoms. The fourth-order valence-corrected chi connectivity index (χ4v) is 2.63. The Balaban J connectivity index is 1.91. The molecule has 0 bridgehead atoms. The van der Waals surface area contributed by atoms with Gasteiger partial charge in [0.25, 0.3) is 0 Å². The van der Waals surface area contributed by atoms with Gasteiger partial charge in [-0.05, 0) is 40.9 Å². The number of benzene rings is 1. The smallest absolute Gasteiger partial charge is 0.313 e. The summed E-state index contributed by atoms with van der Waals surface area (Å²) in [5.74, 6) is -0.434.